The molecule has 15 heavy (non-hydrogen) atoms. The maximum absolute atomic E-state index is 11.2. The number of hydrogen-bond acceptors (Lipinski definition) is 2. The van der Waals surface area contributed by atoms with Gasteiger partial charge in [-0.05, 0) is 19.3 Å². The van der Waals surface area contributed by atoms with Crippen LogP contribution in [0, 0.1) is 5.92 Å². The van der Waals surface area contributed by atoms with Crippen molar-refractivity contribution in [1.82, 2.24) is 0 Å². The number of hydrogen-bond donors (Lipinski definition) is 0. The maximum atomic E-state index is 11.2. The highest BCUT2D eigenvalue weighted by Gasteiger charge is 2.11. The predicted octanol–water partition coefficient (Wildman–Crippen LogP) is 3.76. The molecule has 3 heteroatoms. The third-order valence-corrected chi connectivity index (χ3v) is 2.63. The van der Waals surface area contributed by atoms with E-state index in [1.165, 1.54) is 12.8 Å². The van der Waals surface area contributed by atoms with Crippen molar-refractivity contribution < 1.29 is 9.53 Å². The highest BCUT2D eigenvalue weighted by Crippen LogP contribution is 2.13. The fraction of sp³-hybridized carbons (Fsp3) is 0.917. The number of carbonyl (C=O) groups is 1. The normalized spacial score (nSPS) is 14.7. The van der Waals surface area contributed by atoms with Crippen LogP contribution in [0.5, 0.6) is 0 Å². The average Bonchev–Trinajstić information content (AvgIpc) is 2.17. The molecular formula is C12H23ClO2. The molecule has 0 heterocycles. The molecule has 0 amide bonds. The molecule has 0 aliphatic heterocycles. The summed E-state index contributed by atoms with van der Waals surface area (Å²) in [4.78, 5) is 11.2. The molecule has 2 unspecified atom stereocenters. The number of carbonyl (C=O) groups excluding carboxylic acids is 1. The minimum atomic E-state index is -0.174. The standard InChI is InChI=1S/C12H23ClO2/c1-4-6-7-11(5-2)9-15-12(14)8-10(3)13/h10-11H,4-9H2,1-3H3. The van der Waals surface area contributed by atoms with Gasteiger partial charge in [0.25, 0.3) is 0 Å². The van der Waals surface area contributed by atoms with Crippen molar-refractivity contribution in [3.63, 3.8) is 0 Å². The van der Waals surface area contributed by atoms with E-state index >= 15 is 0 Å². The smallest absolute Gasteiger partial charge is 0.307 e. The largest absolute Gasteiger partial charge is 0.465 e. The number of rotatable bonds is 8. The summed E-state index contributed by atoms with van der Waals surface area (Å²) in [7, 11) is 0. The van der Waals surface area contributed by atoms with Gasteiger partial charge in [-0.15, -0.1) is 11.6 Å². The first-order valence-corrected chi connectivity index (χ1v) is 6.33. The molecule has 0 saturated heterocycles. The van der Waals surface area contributed by atoms with Gasteiger partial charge in [0.05, 0.1) is 13.0 Å². The Bertz CT molecular complexity index is 169. The van der Waals surface area contributed by atoms with Crippen molar-refractivity contribution in [2.45, 2.75) is 58.3 Å². The Labute approximate surface area is 98.3 Å². The Kier molecular flexibility index (Phi) is 8.88. The van der Waals surface area contributed by atoms with Gasteiger partial charge < -0.3 is 4.74 Å². The van der Waals surface area contributed by atoms with Gasteiger partial charge in [-0.3, -0.25) is 4.79 Å². The number of alkyl halides is 1. The van der Waals surface area contributed by atoms with E-state index in [-0.39, 0.29) is 11.3 Å². The third kappa shape index (κ3) is 8.73. The van der Waals surface area contributed by atoms with Gasteiger partial charge >= 0.3 is 5.97 Å². The van der Waals surface area contributed by atoms with Crippen LogP contribution >= 0.6 is 11.6 Å². The number of ether oxygens (including phenoxy) is 1. The quantitative estimate of drug-likeness (QED) is 0.472. The van der Waals surface area contributed by atoms with Crippen molar-refractivity contribution in [2.75, 3.05) is 6.61 Å². The summed E-state index contributed by atoms with van der Waals surface area (Å²) in [6.45, 7) is 6.67. The molecule has 0 aromatic heterocycles. The molecule has 0 aliphatic carbocycles. The van der Waals surface area contributed by atoms with Gasteiger partial charge in [0, 0.05) is 5.38 Å². The highest BCUT2D eigenvalue weighted by atomic mass is 35.5. The lowest BCUT2D eigenvalue weighted by Crippen LogP contribution is -2.15. The van der Waals surface area contributed by atoms with Gasteiger partial charge in [-0.1, -0.05) is 33.1 Å². The first-order chi connectivity index (χ1) is 7.10. The summed E-state index contributed by atoms with van der Waals surface area (Å²) in [6.07, 6.45) is 4.94. The number of halogens is 1. The van der Waals surface area contributed by atoms with Crippen molar-refractivity contribution in [1.29, 1.82) is 0 Å². The molecule has 0 bridgehead atoms. The SMILES string of the molecule is CCCCC(CC)COC(=O)CC(C)Cl. The maximum Gasteiger partial charge on any atom is 0.307 e. The van der Waals surface area contributed by atoms with Crippen LogP contribution in [-0.2, 0) is 9.53 Å². The summed E-state index contributed by atoms with van der Waals surface area (Å²) in [6, 6.07) is 0. The molecule has 0 fully saturated rings. The van der Waals surface area contributed by atoms with Gasteiger partial charge in [0.2, 0.25) is 0 Å². The first kappa shape index (κ1) is 14.8. The monoisotopic (exact) mass is 234 g/mol. The summed E-state index contributed by atoms with van der Waals surface area (Å²) < 4.78 is 5.18. The minimum absolute atomic E-state index is 0.131. The second-order valence-electron chi connectivity index (χ2n) is 4.08. The van der Waals surface area contributed by atoms with Crippen LogP contribution in [0.4, 0.5) is 0 Å². The van der Waals surface area contributed by atoms with Crippen LogP contribution in [0.25, 0.3) is 0 Å². The van der Waals surface area contributed by atoms with Crippen LogP contribution in [0.2, 0.25) is 0 Å². The lowest BCUT2D eigenvalue weighted by atomic mass is 10.0. The van der Waals surface area contributed by atoms with Crippen LogP contribution in [0.15, 0.2) is 0 Å². The van der Waals surface area contributed by atoms with Crippen molar-refractivity contribution in [3.8, 4) is 0 Å². The van der Waals surface area contributed by atoms with Gasteiger partial charge in [-0.25, -0.2) is 0 Å². The zero-order chi connectivity index (χ0) is 11.7. The lowest BCUT2D eigenvalue weighted by molar-refractivity contribution is -0.145. The van der Waals surface area contributed by atoms with Crippen LogP contribution < -0.4 is 0 Å². The summed E-state index contributed by atoms with van der Waals surface area (Å²) in [5.74, 6) is 0.340. The fourth-order valence-electron chi connectivity index (χ4n) is 1.40. The Morgan fingerprint density at radius 1 is 1.40 bits per heavy atom. The van der Waals surface area contributed by atoms with Crippen LogP contribution in [-0.4, -0.2) is 18.0 Å². The van der Waals surface area contributed by atoms with E-state index in [4.69, 9.17) is 16.3 Å². The third-order valence-electron chi connectivity index (χ3n) is 2.47. The second kappa shape index (κ2) is 9.02. The molecule has 0 radical (unpaired) electrons. The molecule has 0 saturated carbocycles. The molecule has 0 N–H and O–H groups in total. The van der Waals surface area contributed by atoms with Gasteiger partial charge in [0.15, 0.2) is 0 Å². The molecule has 0 rings (SSSR count). The van der Waals surface area contributed by atoms with E-state index in [0.717, 1.165) is 12.8 Å². The van der Waals surface area contributed by atoms with Crippen molar-refractivity contribution in [3.05, 3.63) is 0 Å². The highest BCUT2D eigenvalue weighted by molar-refractivity contribution is 6.21. The average molecular weight is 235 g/mol. The first-order valence-electron chi connectivity index (χ1n) is 5.89. The Morgan fingerprint density at radius 2 is 2.07 bits per heavy atom. The molecule has 0 aliphatic rings. The van der Waals surface area contributed by atoms with Gasteiger partial charge in [-0.2, -0.15) is 0 Å². The van der Waals surface area contributed by atoms with E-state index in [0.29, 0.717) is 18.9 Å². The van der Waals surface area contributed by atoms with Crippen molar-refractivity contribution in [2.24, 2.45) is 5.92 Å². The van der Waals surface area contributed by atoms with E-state index in [1.807, 2.05) is 0 Å². The molecule has 0 aromatic carbocycles. The van der Waals surface area contributed by atoms with Crippen LogP contribution in [0.1, 0.15) is 52.9 Å². The Hall–Kier alpha value is -0.240. The van der Waals surface area contributed by atoms with Crippen molar-refractivity contribution >= 4 is 17.6 Å². The van der Waals surface area contributed by atoms with E-state index in [2.05, 4.69) is 13.8 Å². The predicted molar refractivity (Wildman–Crippen MR) is 64.2 cm³/mol. The Morgan fingerprint density at radius 3 is 2.53 bits per heavy atom. The molecular weight excluding hydrogens is 212 g/mol. The lowest BCUT2D eigenvalue weighted by Gasteiger charge is -2.14. The number of unbranched alkanes of at least 4 members (excludes halogenated alkanes) is 1. The molecule has 0 spiro atoms. The zero-order valence-corrected chi connectivity index (χ0v) is 10.8. The van der Waals surface area contributed by atoms with Crippen LogP contribution in [0.3, 0.4) is 0 Å². The Balaban J connectivity index is 3.65. The number of esters is 1. The summed E-state index contributed by atoms with van der Waals surface area (Å²) in [5, 5.41) is -0.131. The second-order valence-corrected chi connectivity index (χ2v) is 4.83. The summed E-state index contributed by atoms with van der Waals surface area (Å²) >= 11 is 5.70. The molecule has 2 nitrogen and oxygen atoms in total. The van der Waals surface area contributed by atoms with E-state index < -0.39 is 0 Å². The molecule has 0 aromatic rings. The van der Waals surface area contributed by atoms with E-state index in [9.17, 15) is 4.79 Å². The topological polar surface area (TPSA) is 26.3 Å². The minimum Gasteiger partial charge on any atom is -0.465 e. The van der Waals surface area contributed by atoms with Gasteiger partial charge in [0.1, 0.15) is 0 Å². The molecule has 2 atom stereocenters. The molecule has 90 valence electrons. The fourth-order valence-corrected chi connectivity index (χ4v) is 1.52. The zero-order valence-electron chi connectivity index (χ0n) is 10.1. The van der Waals surface area contributed by atoms with E-state index in [1.54, 1.807) is 6.92 Å². The summed E-state index contributed by atoms with van der Waals surface area (Å²) in [5.41, 5.74) is 0.